The van der Waals surface area contributed by atoms with Crippen molar-refractivity contribution in [3.8, 4) is 0 Å². The molecule has 1 fully saturated rings. The number of likely N-dealkylation sites (tertiary alicyclic amines) is 1. The predicted molar refractivity (Wildman–Crippen MR) is 79.0 cm³/mol. The summed E-state index contributed by atoms with van der Waals surface area (Å²) in [6.07, 6.45) is 4.07. The van der Waals surface area contributed by atoms with E-state index in [-0.39, 0.29) is 11.9 Å². The smallest absolute Gasteiger partial charge is 0.339 e. The molecule has 3 rings (SSSR count). The molecule has 2 aliphatic heterocycles. The van der Waals surface area contributed by atoms with Crippen molar-refractivity contribution in [2.75, 3.05) is 6.54 Å². The Morgan fingerprint density at radius 3 is 2.95 bits per heavy atom. The number of carbonyl (C=O) groups is 2. The molecule has 4 heteroatoms. The van der Waals surface area contributed by atoms with Gasteiger partial charge < -0.3 is 9.64 Å². The number of benzene rings is 1. The third-order valence-electron chi connectivity index (χ3n) is 4.55. The van der Waals surface area contributed by atoms with Crippen molar-refractivity contribution < 1.29 is 14.3 Å². The Morgan fingerprint density at radius 2 is 2.14 bits per heavy atom. The summed E-state index contributed by atoms with van der Waals surface area (Å²) in [6, 6.07) is 7.67. The van der Waals surface area contributed by atoms with Gasteiger partial charge in [0, 0.05) is 19.0 Å². The highest BCUT2D eigenvalue weighted by Gasteiger charge is 2.36. The quantitative estimate of drug-likeness (QED) is 0.785. The van der Waals surface area contributed by atoms with E-state index in [2.05, 4.69) is 6.92 Å². The van der Waals surface area contributed by atoms with Crippen LogP contribution in [0.25, 0.3) is 0 Å². The average molecular weight is 287 g/mol. The fourth-order valence-corrected chi connectivity index (χ4v) is 3.37. The molecule has 1 saturated heterocycles. The first-order chi connectivity index (χ1) is 10.2. The molecule has 2 heterocycles. The van der Waals surface area contributed by atoms with Gasteiger partial charge in [-0.15, -0.1) is 0 Å². The van der Waals surface area contributed by atoms with E-state index in [0.29, 0.717) is 18.0 Å². The molecule has 1 amide bonds. The van der Waals surface area contributed by atoms with Crippen LogP contribution in [-0.2, 0) is 16.0 Å². The fraction of sp³-hybridized carbons (Fsp3) is 0.529. The Kier molecular flexibility index (Phi) is 3.95. The topological polar surface area (TPSA) is 46.6 Å². The summed E-state index contributed by atoms with van der Waals surface area (Å²) >= 11 is 0. The van der Waals surface area contributed by atoms with Crippen molar-refractivity contribution in [3.05, 3.63) is 35.4 Å². The van der Waals surface area contributed by atoms with Gasteiger partial charge >= 0.3 is 5.97 Å². The van der Waals surface area contributed by atoms with Gasteiger partial charge in [-0.2, -0.15) is 0 Å². The average Bonchev–Trinajstić information content (AvgIpc) is 2.54. The zero-order valence-electron chi connectivity index (χ0n) is 12.4. The minimum absolute atomic E-state index is 0.0237. The molecule has 4 nitrogen and oxygen atoms in total. The lowest BCUT2D eigenvalue weighted by Crippen LogP contribution is -2.50. The van der Waals surface area contributed by atoms with Gasteiger partial charge in [-0.05, 0) is 37.3 Å². The van der Waals surface area contributed by atoms with Gasteiger partial charge in [-0.1, -0.05) is 25.1 Å². The highest BCUT2D eigenvalue weighted by molar-refractivity contribution is 5.95. The molecule has 0 aromatic heterocycles. The summed E-state index contributed by atoms with van der Waals surface area (Å²) in [4.78, 5) is 26.7. The number of fused-ring (bicyclic) bond motifs is 1. The van der Waals surface area contributed by atoms with Gasteiger partial charge in [0.25, 0.3) is 5.91 Å². The number of hydrogen-bond acceptors (Lipinski definition) is 3. The third kappa shape index (κ3) is 2.67. The number of cyclic esters (lactones) is 1. The second-order valence-corrected chi connectivity index (χ2v) is 5.84. The van der Waals surface area contributed by atoms with Gasteiger partial charge in [0.1, 0.15) is 0 Å². The van der Waals surface area contributed by atoms with Gasteiger partial charge in [0.15, 0.2) is 6.10 Å². The van der Waals surface area contributed by atoms with E-state index in [1.165, 1.54) is 6.42 Å². The number of nitrogens with zero attached hydrogens (tertiary/aromatic N) is 1. The second-order valence-electron chi connectivity index (χ2n) is 5.84. The van der Waals surface area contributed by atoms with Crippen LogP contribution in [0.2, 0.25) is 0 Å². The normalized spacial score (nSPS) is 25.2. The Labute approximate surface area is 125 Å². The first-order valence-electron chi connectivity index (χ1n) is 7.80. The van der Waals surface area contributed by atoms with Crippen molar-refractivity contribution >= 4 is 11.9 Å². The Hall–Kier alpha value is -1.84. The monoisotopic (exact) mass is 287 g/mol. The Bertz CT molecular complexity index is 555. The minimum Gasteiger partial charge on any atom is -0.448 e. The zero-order chi connectivity index (χ0) is 14.8. The van der Waals surface area contributed by atoms with Crippen molar-refractivity contribution in [2.45, 2.75) is 51.2 Å². The molecular weight excluding hydrogens is 266 g/mol. The number of amides is 1. The summed E-state index contributed by atoms with van der Waals surface area (Å²) in [5.41, 5.74) is 1.50. The first kappa shape index (κ1) is 14.1. The molecule has 21 heavy (non-hydrogen) atoms. The lowest BCUT2D eigenvalue weighted by atomic mass is 9.95. The highest BCUT2D eigenvalue weighted by atomic mass is 16.5. The number of carbonyl (C=O) groups excluding carboxylic acids is 2. The maximum atomic E-state index is 12.7. The lowest BCUT2D eigenvalue weighted by molar-refractivity contribution is -0.145. The standard InChI is InChI=1S/C17H21NO3/c1-2-13-8-5-6-10-18(13)16(19)15-11-12-7-3-4-9-14(12)17(20)21-15/h3-4,7,9,13,15H,2,5-6,8,10-11H2,1H3. The van der Waals surface area contributed by atoms with Gasteiger partial charge in [-0.3, -0.25) is 4.79 Å². The van der Waals surface area contributed by atoms with Crippen molar-refractivity contribution in [1.82, 2.24) is 4.90 Å². The summed E-state index contributed by atoms with van der Waals surface area (Å²) < 4.78 is 5.39. The van der Waals surface area contributed by atoms with E-state index in [1.54, 1.807) is 6.07 Å². The molecule has 1 aromatic carbocycles. The molecule has 1 aromatic rings. The van der Waals surface area contributed by atoms with Crippen LogP contribution in [0.15, 0.2) is 24.3 Å². The molecule has 0 radical (unpaired) electrons. The minimum atomic E-state index is -0.653. The van der Waals surface area contributed by atoms with Gasteiger partial charge in [-0.25, -0.2) is 4.79 Å². The molecule has 0 aliphatic carbocycles. The molecule has 2 aliphatic rings. The molecule has 0 bridgehead atoms. The van der Waals surface area contributed by atoms with Crippen LogP contribution >= 0.6 is 0 Å². The zero-order valence-corrected chi connectivity index (χ0v) is 12.4. The fourth-order valence-electron chi connectivity index (χ4n) is 3.37. The number of hydrogen-bond donors (Lipinski definition) is 0. The maximum absolute atomic E-state index is 12.7. The molecule has 112 valence electrons. The Balaban J connectivity index is 1.78. The number of esters is 1. The summed E-state index contributed by atoms with van der Waals surface area (Å²) in [6.45, 7) is 2.89. The SMILES string of the molecule is CCC1CCCCN1C(=O)C1Cc2ccccc2C(=O)O1. The molecule has 0 saturated carbocycles. The van der Waals surface area contributed by atoms with Crippen molar-refractivity contribution in [2.24, 2.45) is 0 Å². The van der Waals surface area contributed by atoms with Gasteiger partial charge in [0.2, 0.25) is 0 Å². The van der Waals surface area contributed by atoms with E-state index in [4.69, 9.17) is 4.74 Å². The van der Waals surface area contributed by atoms with Crippen LogP contribution in [0.4, 0.5) is 0 Å². The number of rotatable bonds is 2. The van der Waals surface area contributed by atoms with Crippen LogP contribution in [0, 0.1) is 0 Å². The van der Waals surface area contributed by atoms with Gasteiger partial charge in [0.05, 0.1) is 5.56 Å². The third-order valence-corrected chi connectivity index (χ3v) is 4.55. The van der Waals surface area contributed by atoms with Crippen molar-refractivity contribution in [1.29, 1.82) is 0 Å². The first-order valence-corrected chi connectivity index (χ1v) is 7.80. The second kappa shape index (κ2) is 5.88. The van der Waals surface area contributed by atoms with E-state index in [0.717, 1.165) is 31.4 Å². The molecular formula is C17H21NO3. The summed E-state index contributed by atoms with van der Waals surface area (Å²) in [5.74, 6) is -0.398. The Morgan fingerprint density at radius 1 is 1.33 bits per heavy atom. The summed E-state index contributed by atoms with van der Waals surface area (Å²) in [5, 5.41) is 0. The molecule has 2 atom stereocenters. The number of piperidine rings is 1. The lowest BCUT2D eigenvalue weighted by Gasteiger charge is -2.38. The summed E-state index contributed by atoms with van der Waals surface area (Å²) in [7, 11) is 0. The van der Waals surface area contributed by atoms with Crippen LogP contribution in [0.5, 0.6) is 0 Å². The van der Waals surface area contributed by atoms with Crippen LogP contribution in [0.3, 0.4) is 0 Å². The largest absolute Gasteiger partial charge is 0.448 e. The van der Waals surface area contributed by atoms with Crippen LogP contribution < -0.4 is 0 Å². The van der Waals surface area contributed by atoms with E-state index in [9.17, 15) is 9.59 Å². The van der Waals surface area contributed by atoms with E-state index in [1.807, 2.05) is 23.1 Å². The van der Waals surface area contributed by atoms with E-state index < -0.39 is 6.10 Å². The van der Waals surface area contributed by atoms with Crippen LogP contribution in [0.1, 0.15) is 48.5 Å². The predicted octanol–water partition coefficient (Wildman–Crippen LogP) is 2.56. The maximum Gasteiger partial charge on any atom is 0.339 e. The van der Waals surface area contributed by atoms with Crippen LogP contribution in [-0.4, -0.2) is 35.5 Å². The molecule has 0 N–H and O–H groups in total. The van der Waals surface area contributed by atoms with E-state index >= 15 is 0 Å². The highest BCUT2D eigenvalue weighted by Crippen LogP contribution is 2.25. The van der Waals surface area contributed by atoms with Crippen molar-refractivity contribution in [3.63, 3.8) is 0 Å². The number of ether oxygens (including phenoxy) is 1. The molecule has 2 unspecified atom stereocenters. The molecule has 0 spiro atoms.